The van der Waals surface area contributed by atoms with Crippen molar-refractivity contribution in [2.24, 2.45) is 0 Å². The molecule has 206 valence electrons. The van der Waals surface area contributed by atoms with E-state index in [1.165, 1.54) is 83.5 Å². The Bertz CT molecular complexity index is 1090. The Labute approximate surface area is 236 Å². The molecule has 38 heavy (non-hydrogen) atoms. The maximum atomic E-state index is 5.67. The minimum atomic E-state index is -2.66. The number of nitrogens with zero attached hydrogens (tertiary/aromatic N) is 1. The van der Waals surface area contributed by atoms with Gasteiger partial charge in [-0.05, 0) is 0 Å². The van der Waals surface area contributed by atoms with E-state index in [0.717, 1.165) is 24.3 Å². The topological polar surface area (TPSA) is 31.4 Å². The third kappa shape index (κ3) is 8.24. The number of aromatic nitrogens is 1. The van der Waals surface area contributed by atoms with Crippen LogP contribution < -0.4 is 13.2 Å². The number of hydrogen-bond donors (Lipinski definition) is 0. The van der Waals surface area contributed by atoms with Crippen LogP contribution >= 0.6 is 0 Å². The average Bonchev–Trinajstić information content (AvgIpc) is 2.95. The molecule has 0 aliphatic heterocycles. The van der Waals surface area contributed by atoms with E-state index < -0.39 is 18.4 Å². The van der Waals surface area contributed by atoms with Gasteiger partial charge >= 0.3 is 237 Å². The van der Waals surface area contributed by atoms with Crippen molar-refractivity contribution in [2.75, 3.05) is 14.2 Å². The summed E-state index contributed by atoms with van der Waals surface area (Å²) in [7, 11) is 3.45. The molecule has 1 aromatic heterocycles. The molecule has 1 heterocycles. The van der Waals surface area contributed by atoms with Crippen molar-refractivity contribution in [3.8, 4) is 11.5 Å². The molecule has 0 radical (unpaired) electrons. The molecule has 0 bridgehead atoms. The Morgan fingerprint density at radius 2 is 1.11 bits per heavy atom. The summed E-state index contributed by atoms with van der Waals surface area (Å²) in [5, 5.41) is 0. The monoisotopic (exact) mass is 623 g/mol. The molecular formula is C34H49NO2Sn. The van der Waals surface area contributed by atoms with E-state index in [2.05, 4.69) is 82.3 Å². The number of unbranched alkanes of at least 4 members (excludes halogenated alkanes) is 3. The molecule has 2 aromatic carbocycles. The summed E-state index contributed by atoms with van der Waals surface area (Å²) in [6.45, 7) is 9.38. The van der Waals surface area contributed by atoms with Gasteiger partial charge in [0.05, 0.1) is 0 Å². The Morgan fingerprint density at radius 3 is 1.53 bits per heavy atom. The van der Waals surface area contributed by atoms with Crippen molar-refractivity contribution in [3.63, 3.8) is 0 Å². The number of methoxy groups -OCH3 is 2. The van der Waals surface area contributed by atoms with Gasteiger partial charge in [0.2, 0.25) is 0 Å². The van der Waals surface area contributed by atoms with E-state index in [-0.39, 0.29) is 0 Å². The minimum absolute atomic E-state index is 0.863. The number of ether oxygens (including phenoxy) is 2. The zero-order valence-electron chi connectivity index (χ0n) is 24.7. The quantitative estimate of drug-likeness (QED) is 0.150. The van der Waals surface area contributed by atoms with Crippen molar-refractivity contribution in [2.45, 2.75) is 92.4 Å². The van der Waals surface area contributed by atoms with Crippen LogP contribution in [0, 0.1) is 6.92 Å². The van der Waals surface area contributed by atoms with Crippen molar-refractivity contribution in [1.82, 2.24) is 4.98 Å². The summed E-state index contributed by atoms with van der Waals surface area (Å²) >= 11 is -2.66. The second kappa shape index (κ2) is 15.5. The van der Waals surface area contributed by atoms with Gasteiger partial charge in [0.15, 0.2) is 0 Å². The molecule has 4 heteroatoms. The van der Waals surface area contributed by atoms with Gasteiger partial charge in [0.1, 0.15) is 0 Å². The summed E-state index contributed by atoms with van der Waals surface area (Å²) in [5.41, 5.74) is 6.67. The van der Waals surface area contributed by atoms with Gasteiger partial charge in [-0.15, -0.1) is 0 Å². The molecule has 3 aromatic rings. The number of hydrogen-bond acceptors (Lipinski definition) is 3. The van der Waals surface area contributed by atoms with E-state index in [9.17, 15) is 0 Å². The van der Waals surface area contributed by atoms with Crippen LogP contribution in [-0.2, 0) is 12.8 Å². The first-order valence-electron chi connectivity index (χ1n) is 14.7. The predicted molar refractivity (Wildman–Crippen MR) is 165 cm³/mol. The zero-order chi connectivity index (χ0) is 27.4. The third-order valence-electron chi connectivity index (χ3n) is 8.07. The summed E-state index contributed by atoms with van der Waals surface area (Å²) in [5.74, 6) is 1.80. The second-order valence-corrected chi connectivity index (χ2v) is 23.9. The van der Waals surface area contributed by atoms with Gasteiger partial charge in [0.25, 0.3) is 0 Å². The van der Waals surface area contributed by atoms with Crippen LogP contribution in [0.2, 0.25) is 13.3 Å². The first-order chi connectivity index (χ1) is 18.5. The van der Waals surface area contributed by atoms with Gasteiger partial charge in [-0.2, -0.15) is 0 Å². The molecule has 0 aliphatic carbocycles. The van der Waals surface area contributed by atoms with Gasteiger partial charge in [-0.25, -0.2) is 0 Å². The first-order valence-corrected chi connectivity index (χ1v) is 22.2. The van der Waals surface area contributed by atoms with E-state index in [0.29, 0.717) is 0 Å². The molecule has 0 spiro atoms. The summed E-state index contributed by atoms with van der Waals surface area (Å²) in [6, 6.07) is 19.6. The Hall–Kier alpha value is -2.01. The molecule has 0 saturated heterocycles. The van der Waals surface area contributed by atoms with Gasteiger partial charge in [0, 0.05) is 0 Å². The normalized spacial score (nSPS) is 11.5. The fourth-order valence-electron chi connectivity index (χ4n) is 5.61. The number of aryl methyl sites for hydroxylation is 1. The fraction of sp³-hybridized carbons (Fsp3) is 0.500. The molecule has 0 atom stereocenters. The number of rotatable bonds is 16. The Balaban J connectivity index is 2.10. The van der Waals surface area contributed by atoms with Crippen molar-refractivity contribution in [3.05, 3.63) is 82.5 Å². The zero-order valence-corrected chi connectivity index (χ0v) is 27.6. The first kappa shape index (κ1) is 30.5. The summed E-state index contributed by atoms with van der Waals surface area (Å²) in [6.07, 6.45) is 9.67. The summed E-state index contributed by atoms with van der Waals surface area (Å²) in [4.78, 5) is 5.67. The predicted octanol–water partition coefficient (Wildman–Crippen LogP) is 8.64. The molecular weight excluding hydrogens is 573 g/mol. The van der Waals surface area contributed by atoms with E-state index in [4.69, 9.17) is 14.5 Å². The van der Waals surface area contributed by atoms with Crippen LogP contribution in [0.4, 0.5) is 0 Å². The van der Waals surface area contributed by atoms with Crippen molar-refractivity contribution < 1.29 is 9.47 Å². The fourth-order valence-corrected chi connectivity index (χ4v) is 21.3. The van der Waals surface area contributed by atoms with Gasteiger partial charge in [-0.1, -0.05) is 0 Å². The maximum absolute atomic E-state index is 5.67. The number of benzene rings is 2. The molecule has 0 N–H and O–H groups in total. The standard InChI is InChI=1S/C22H22NO2.3C4H9.Sn/c1-16-12-13-23-22(15-18-6-10-20(25-3)11-7-18)21(16)14-17-4-8-19(24-2)9-5-17;3*1-3-4-2;/h4-12H,14-15H2,1-3H3;3*1,3-4H2,2H3;. The molecule has 0 saturated carbocycles. The van der Waals surface area contributed by atoms with Gasteiger partial charge < -0.3 is 0 Å². The van der Waals surface area contributed by atoms with E-state index >= 15 is 0 Å². The van der Waals surface area contributed by atoms with Gasteiger partial charge in [-0.3, -0.25) is 0 Å². The molecule has 0 aliphatic rings. The van der Waals surface area contributed by atoms with Crippen LogP contribution in [0.15, 0.2) is 54.6 Å². The molecule has 0 amide bonds. The van der Waals surface area contributed by atoms with Crippen LogP contribution in [0.5, 0.6) is 11.5 Å². The Kier molecular flexibility index (Phi) is 12.5. The molecule has 0 fully saturated rings. The van der Waals surface area contributed by atoms with E-state index in [1.807, 2.05) is 0 Å². The number of pyridine rings is 1. The van der Waals surface area contributed by atoms with Crippen LogP contribution in [0.3, 0.4) is 0 Å². The SMILES string of the molecule is CCC[CH2][Sn]([CH2]CCC)([CH2]CCC)[c]1cc(C)c(Cc2ccc(OC)cc2)c(Cc2ccc(OC)cc2)n1. The average molecular weight is 622 g/mol. The molecule has 0 unspecified atom stereocenters. The second-order valence-electron chi connectivity index (χ2n) is 10.9. The molecule has 3 rings (SSSR count). The van der Waals surface area contributed by atoms with Crippen LogP contribution in [-0.4, -0.2) is 37.6 Å². The van der Waals surface area contributed by atoms with E-state index in [1.54, 1.807) is 14.2 Å². The van der Waals surface area contributed by atoms with Crippen LogP contribution in [0.25, 0.3) is 0 Å². The van der Waals surface area contributed by atoms with Crippen molar-refractivity contribution >= 4 is 22.1 Å². The molecule has 3 nitrogen and oxygen atoms in total. The van der Waals surface area contributed by atoms with Crippen LogP contribution in [0.1, 0.15) is 87.2 Å². The summed E-state index contributed by atoms with van der Waals surface area (Å²) < 4.78 is 16.7. The third-order valence-corrected chi connectivity index (χ3v) is 23.1. The Morgan fingerprint density at radius 1 is 0.658 bits per heavy atom. The van der Waals surface area contributed by atoms with Crippen molar-refractivity contribution in [1.29, 1.82) is 0 Å².